The van der Waals surface area contributed by atoms with Gasteiger partial charge in [-0.3, -0.25) is 9.59 Å². The van der Waals surface area contributed by atoms with Crippen molar-refractivity contribution in [3.8, 4) is 0 Å². The number of carbonyl (C=O) groups is 2. The highest BCUT2D eigenvalue weighted by Gasteiger charge is 2.33. The van der Waals surface area contributed by atoms with E-state index in [1.54, 1.807) is 11.8 Å². The highest BCUT2D eigenvalue weighted by Crippen LogP contribution is 2.24. The molecule has 1 fully saturated rings. The van der Waals surface area contributed by atoms with Crippen LogP contribution in [0.1, 0.15) is 90.4 Å². The van der Waals surface area contributed by atoms with Crippen LogP contribution in [0.5, 0.6) is 0 Å². The lowest BCUT2D eigenvalue weighted by Crippen LogP contribution is -2.10. The van der Waals surface area contributed by atoms with Crippen LogP contribution in [-0.2, 0) is 14.3 Å². The van der Waals surface area contributed by atoms with Crippen molar-refractivity contribution in [2.75, 3.05) is 5.75 Å². The smallest absolute Gasteiger partial charge is 0.327 e. The molecule has 22 heavy (non-hydrogen) atoms. The summed E-state index contributed by atoms with van der Waals surface area (Å²) >= 11 is 1.58. The maximum atomic E-state index is 11.3. The summed E-state index contributed by atoms with van der Waals surface area (Å²) in [5.41, 5.74) is 0. The Kier molecular flexibility index (Phi) is 11.5. The maximum absolute atomic E-state index is 11.3. The first kappa shape index (κ1) is 19.5. The summed E-state index contributed by atoms with van der Waals surface area (Å²) in [5, 5.41) is -0.236. The number of thioether (sulfide) groups is 1. The van der Waals surface area contributed by atoms with Crippen molar-refractivity contribution in [2.45, 2.75) is 95.6 Å². The normalized spacial score (nSPS) is 18.0. The van der Waals surface area contributed by atoms with Gasteiger partial charge in [-0.1, -0.05) is 77.6 Å². The average molecular weight is 329 g/mol. The number of cyclic esters (lactones) is 2. The zero-order chi connectivity index (χ0) is 16.0. The molecule has 0 spiro atoms. The molecule has 1 unspecified atom stereocenters. The van der Waals surface area contributed by atoms with E-state index in [4.69, 9.17) is 0 Å². The van der Waals surface area contributed by atoms with Crippen LogP contribution in [0.2, 0.25) is 0 Å². The van der Waals surface area contributed by atoms with E-state index in [0.29, 0.717) is 0 Å². The summed E-state index contributed by atoms with van der Waals surface area (Å²) in [6.45, 7) is 2.26. The third-order valence-electron chi connectivity index (χ3n) is 4.15. The van der Waals surface area contributed by atoms with E-state index in [-0.39, 0.29) is 23.6 Å². The van der Waals surface area contributed by atoms with Crippen molar-refractivity contribution in [1.82, 2.24) is 0 Å². The summed E-state index contributed by atoms with van der Waals surface area (Å²) in [4.78, 5) is 22.2. The lowest BCUT2D eigenvalue weighted by atomic mass is 10.1. The predicted molar refractivity (Wildman–Crippen MR) is 93.0 cm³/mol. The Balaban J connectivity index is 1.77. The molecule has 0 bridgehead atoms. The van der Waals surface area contributed by atoms with Crippen molar-refractivity contribution in [1.29, 1.82) is 0 Å². The Hall–Kier alpha value is -0.510. The molecule has 1 atom stereocenters. The largest absolute Gasteiger partial charge is 0.392 e. The molecule has 0 radical (unpaired) electrons. The SMILES string of the molecule is CCCCCCCCCCCCCCSC1CC(=O)OC1=O. The quantitative estimate of drug-likeness (QED) is 0.248. The molecule has 0 aromatic carbocycles. The second-order valence-corrected chi connectivity index (χ2v) is 7.56. The molecule has 3 nitrogen and oxygen atoms in total. The van der Waals surface area contributed by atoms with Crippen molar-refractivity contribution in [2.24, 2.45) is 0 Å². The lowest BCUT2D eigenvalue weighted by molar-refractivity contribution is -0.151. The van der Waals surface area contributed by atoms with E-state index in [0.717, 1.165) is 12.2 Å². The average Bonchev–Trinajstić information content (AvgIpc) is 2.82. The van der Waals surface area contributed by atoms with Crippen LogP contribution in [0.4, 0.5) is 0 Å². The number of unbranched alkanes of at least 4 members (excludes halogenated alkanes) is 11. The van der Waals surface area contributed by atoms with Gasteiger partial charge in [-0.05, 0) is 12.2 Å². The Labute approximate surface area is 139 Å². The van der Waals surface area contributed by atoms with Gasteiger partial charge in [0.05, 0.1) is 6.42 Å². The highest BCUT2D eigenvalue weighted by molar-refractivity contribution is 8.00. The number of rotatable bonds is 14. The molecule has 0 N–H and O–H groups in total. The fourth-order valence-electron chi connectivity index (χ4n) is 2.75. The van der Waals surface area contributed by atoms with Crippen molar-refractivity contribution >= 4 is 23.7 Å². The molecular formula is C18H32O3S. The van der Waals surface area contributed by atoms with Crippen LogP contribution in [0.25, 0.3) is 0 Å². The molecule has 1 rings (SSSR count). The van der Waals surface area contributed by atoms with E-state index >= 15 is 0 Å². The number of hydrogen-bond donors (Lipinski definition) is 0. The van der Waals surface area contributed by atoms with Gasteiger partial charge in [0.1, 0.15) is 5.25 Å². The van der Waals surface area contributed by atoms with Crippen molar-refractivity contribution < 1.29 is 14.3 Å². The molecule has 0 amide bonds. The van der Waals surface area contributed by atoms with Gasteiger partial charge in [-0.25, -0.2) is 0 Å². The number of ether oxygens (including phenoxy) is 1. The Morgan fingerprint density at radius 1 is 0.864 bits per heavy atom. The van der Waals surface area contributed by atoms with Gasteiger partial charge in [0.25, 0.3) is 0 Å². The van der Waals surface area contributed by atoms with Gasteiger partial charge in [0.2, 0.25) is 0 Å². The molecule has 1 saturated heterocycles. The standard InChI is InChI=1S/C18H32O3S/c1-2-3-4-5-6-7-8-9-10-11-12-13-14-22-16-15-17(19)21-18(16)20/h16H,2-15H2,1H3. The van der Waals surface area contributed by atoms with E-state index < -0.39 is 0 Å². The molecule has 1 aliphatic heterocycles. The fourth-order valence-corrected chi connectivity index (χ4v) is 3.84. The topological polar surface area (TPSA) is 43.4 Å². The second-order valence-electron chi connectivity index (χ2n) is 6.25. The van der Waals surface area contributed by atoms with Crippen molar-refractivity contribution in [3.63, 3.8) is 0 Å². The molecule has 4 heteroatoms. The third kappa shape index (κ3) is 9.50. The van der Waals surface area contributed by atoms with E-state index in [2.05, 4.69) is 11.7 Å². The van der Waals surface area contributed by atoms with Gasteiger partial charge in [0.15, 0.2) is 0 Å². The minimum absolute atomic E-state index is 0.236. The molecule has 128 valence electrons. The molecule has 1 heterocycles. The first-order chi connectivity index (χ1) is 10.7. The number of carbonyl (C=O) groups excluding carboxylic acids is 2. The van der Waals surface area contributed by atoms with Crippen LogP contribution in [0.3, 0.4) is 0 Å². The van der Waals surface area contributed by atoms with E-state index in [1.165, 1.54) is 70.6 Å². The number of esters is 2. The fraction of sp³-hybridized carbons (Fsp3) is 0.889. The molecule has 1 aliphatic rings. The summed E-state index contributed by atoms with van der Waals surface area (Å²) < 4.78 is 4.54. The molecule has 0 aromatic heterocycles. The van der Waals surface area contributed by atoms with Gasteiger partial charge in [-0.15, -0.1) is 11.8 Å². The highest BCUT2D eigenvalue weighted by atomic mass is 32.2. The zero-order valence-electron chi connectivity index (χ0n) is 14.1. The maximum Gasteiger partial charge on any atom is 0.327 e. The van der Waals surface area contributed by atoms with Crippen molar-refractivity contribution in [3.05, 3.63) is 0 Å². The zero-order valence-corrected chi connectivity index (χ0v) is 14.9. The van der Waals surface area contributed by atoms with Gasteiger partial charge < -0.3 is 4.74 Å². The van der Waals surface area contributed by atoms with Crippen LogP contribution in [0, 0.1) is 0 Å². The number of hydrogen-bond acceptors (Lipinski definition) is 4. The summed E-state index contributed by atoms with van der Waals surface area (Å²) in [5.74, 6) is 0.260. The minimum Gasteiger partial charge on any atom is -0.392 e. The lowest BCUT2D eigenvalue weighted by Gasteiger charge is -2.05. The van der Waals surface area contributed by atoms with Crippen LogP contribution < -0.4 is 0 Å². The van der Waals surface area contributed by atoms with E-state index in [9.17, 15) is 9.59 Å². The molecule has 0 aromatic rings. The monoisotopic (exact) mass is 328 g/mol. The van der Waals surface area contributed by atoms with Crippen LogP contribution >= 0.6 is 11.8 Å². The second kappa shape index (κ2) is 13.0. The van der Waals surface area contributed by atoms with E-state index in [1.807, 2.05) is 0 Å². The summed E-state index contributed by atoms with van der Waals surface area (Å²) in [7, 11) is 0. The Morgan fingerprint density at radius 2 is 1.36 bits per heavy atom. The molecular weight excluding hydrogens is 296 g/mol. The third-order valence-corrected chi connectivity index (χ3v) is 5.43. The Morgan fingerprint density at radius 3 is 1.82 bits per heavy atom. The predicted octanol–water partition coefficient (Wildman–Crippen LogP) is 5.26. The van der Waals surface area contributed by atoms with Crippen LogP contribution in [-0.4, -0.2) is 22.9 Å². The van der Waals surface area contributed by atoms with Crippen LogP contribution in [0.15, 0.2) is 0 Å². The van der Waals surface area contributed by atoms with Gasteiger partial charge in [0, 0.05) is 0 Å². The minimum atomic E-state index is -0.364. The van der Waals surface area contributed by atoms with Gasteiger partial charge >= 0.3 is 11.9 Å². The van der Waals surface area contributed by atoms with Gasteiger partial charge in [-0.2, -0.15) is 0 Å². The Bertz CT molecular complexity index is 317. The first-order valence-corrected chi connectivity index (χ1v) is 10.1. The molecule has 0 saturated carbocycles. The first-order valence-electron chi connectivity index (χ1n) is 9.10. The summed E-state index contributed by atoms with van der Waals surface area (Å²) in [6.07, 6.45) is 16.4. The summed E-state index contributed by atoms with van der Waals surface area (Å²) in [6, 6.07) is 0. The molecule has 0 aliphatic carbocycles.